The number of rotatable bonds is 7. The van der Waals surface area contributed by atoms with Gasteiger partial charge in [-0.2, -0.15) is 15.2 Å². The second-order valence-corrected chi connectivity index (χ2v) is 9.41. The van der Waals surface area contributed by atoms with E-state index < -0.39 is 0 Å². The van der Waals surface area contributed by atoms with E-state index in [2.05, 4.69) is 38.2 Å². The molecule has 1 amide bonds. The fourth-order valence-electron chi connectivity index (χ4n) is 4.35. The first-order valence-electron chi connectivity index (χ1n) is 12.5. The Balaban J connectivity index is 1.49. The molecule has 3 heterocycles. The standard InChI is InChI=1S/C27H30N8O/c1-3-24-31-25(33-27(32-24)35-13-11-34(2)12-14-35)16-23-21(17-28)20(15-22(30-23)18-9-10-18)26(36)29-19-7-5-4-6-8-19/h4-8,15,18H,3,9-14,16H2,1-2H3,(H,29,36). The summed E-state index contributed by atoms with van der Waals surface area (Å²) >= 11 is 0. The Morgan fingerprint density at radius 2 is 1.78 bits per heavy atom. The molecule has 0 atom stereocenters. The van der Waals surface area contributed by atoms with Gasteiger partial charge in [0, 0.05) is 49.9 Å². The number of aryl methyl sites for hydroxylation is 1. The van der Waals surface area contributed by atoms with Crippen molar-refractivity contribution in [1.29, 1.82) is 5.26 Å². The highest BCUT2D eigenvalue weighted by Gasteiger charge is 2.29. The first kappa shape index (κ1) is 23.8. The highest BCUT2D eigenvalue weighted by atomic mass is 16.1. The highest BCUT2D eigenvalue weighted by molar-refractivity contribution is 6.06. The van der Waals surface area contributed by atoms with Crippen LogP contribution in [0.5, 0.6) is 0 Å². The quantitative estimate of drug-likeness (QED) is 0.547. The Hall–Kier alpha value is -3.90. The minimum absolute atomic E-state index is 0.269. The first-order valence-corrected chi connectivity index (χ1v) is 12.5. The molecule has 0 unspecified atom stereocenters. The van der Waals surface area contributed by atoms with Gasteiger partial charge in [-0.25, -0.2) is 4.98 Å². The van der Waals surface area contributed by atoms with Gasteiger partial charge in [-0.3, -0.25) is 9.78 Å². The molecule has 2 fully saturated rings. The van der Waals surface area contributed by atoms with Crippen LogP contribution in [0.3, 0.4) is 0 Å². The molecule has 0 radical (unpaired) electrons. The minimum atomic E-state index is -0.314. The average Bonchev–Trinajstić information content (AvgIpc) is 3.75. The summed E-state index contributed by atoms with van der Waals surface area (Å²) in [6.45, 7) is 5.63. The normalized spacial score (nSPS) is 16.0. The summed E-state index contributed by atoms with van der Waals surface area (Å²) in [5.41, 5.74) is 2.69. The number of carbonyl (C=O) groups is 1. The summed E-state index contributed by atoms with van der Waals surface area (Å²) in [5.74, 6) is 1.97. The number of likely N-dealkylation sites (N-methyl/N-ethyl adjacent to an activating group) is 1. The van der Waals surface area contributed by atoms with Crippen molar-refractivity contribution in [3.63, 3.8) is 0 Å². The van der Waals surface area contributed by atoms with Gasteiger partial charge in [0.2, 0.25) is 5.95 Å². The van der Waals surface area contributed by atoms with E-state index in [9.17, 15) is 10.1 Å². The summed E-state index contributed by atoms with van der Waals surface area (Å²) < 4.78 is 0. The molecule has 0 spiro atoms. The maximum absolute atomic E-state index is 13.2. The number of nitrogens with one attached hydrogen (secondary N) is 1. The Morgan fingerprint density at radius 3 is 2.44 bits per heavy atom. The number of pyridine rings is 1. The zero-order valence-electron chi connectivity index (χ0n) is 20.7. The SMILES string of the molecule is CCc1nc(Cc2nc(C3CC3)cc(C(=O)Nc3ccccc3)c2C#N)nc(N2CCN(C)CC2)n1. The van der Waals surface area contributed by atoms with Crippen LogP contribution >= 0.6 is 0 Å². The maximum atomic E-state index is 13.2. The summed E-state index contributed by atoms with van der Waals surface area (Å²) in [7, 11) is 2.11. The van der Waals surface area contributed by atoms with Gasteiger partial charge in [0.05, 0.1) is 23.2 Å². The molecule has 1 saturated heterocycles. The van der Waals surface area contributed by atoms with Crippen LogP contribution in [0.4, 0.5) is 11.6 Å². The van der Waals surface area contributed by atoms with E-state index in [1.165, 1.54) is 0 Å². The highest BCUT2D eigenvalue weighted by Crippen LogP contribution is 2.40. The molecule has 1 aliphatic heterocycles. The number of benzene rings is 1. The summed E-state index contributed by atoms with van der Waals surface area (Å²) in [4.78, 5) is 36.6. The molecule has 3 aromatic rings. The van der Waals surface area contributed by atoms with Crippen LogP contribution < -0.4 is 10.2 Å². The molecule has 2 aromatic heterocycles. The third kappa shape index (κ3) is 5.34. The Bertz CT molecular complexity index is 1290. The number of aromatic nitrogens is 4. The van der Waals surface area contributed by atoms with E-state index >= 15 is 0 Å². The molecular formula is C27H30N8O. The third-order valence-electron chi connectivity index (χ3n) is 6.64. The van der Waals surface area contributed by atoms with E-state index in [1.54, 1.807) is 6.07 Å². The number of piperazine rings is 1. The van der Waals surface area contributed by atoms with Crippen LogP contribution in [0.1, 0.15) is 64.6 Å². The van der Waals surface area contributed by atoms with Crippen molar-refractivity contribution in [1.82, 2.24) is 24.8 Å². The number of hydrogen-bond acceptors (Lipinski definition) is 8. The van der Waals surface area contributed by atoms with Gasteiger partial charge in [0.1, 0.15) is 17.7 Å². The molecule has 1 saturated carbocycles. The van der Waals surface area contributed by atoms with E-state index in [4.69, 9.17) is 9.97 Å². The fourth-order valence-corrected chi connectivity index (χ4v) is 4.35. The molecule has 5 rings (SSSR count). The van der Waals surface area contributed by atoms with Crippen LogP contribution in [-0.2, 0) is 12.8 Å². The first-order chi connectivity index (χ1) is 17.5. The van der Waals surface area contributed by atoms with Crippen LogP contribution in [0.2, 0.25) is 0 Å². The van der Waals surface area contributed by atoms with Gasteiger partial charge in [0.15, 0.2) is 0 Å². The lowest BCUT2D eigenvalue weighted by atomic mass is 10.0. The molecule has 1 aromatic carbocycles. The van der Waals surface area contributed by atoms with Crippen LogP contribution in [0.25, 0.3) is 0 Å². The van der Waals surface area contributed by atoms with Crippen molar-refractivity contribution in [3.8, 4) is 6.07 Å². The second-order valence-electron chi connectivity index (χ2n) is 9.41. The fraction of sp³-hybridized carbons (Fsp3) is 0.407. The van der Waals surface area contributed by atoms with Crippen molar-refractivity contribution in [2.75, 3.05) is 43.4 Å². The van der Waals surface area contributed by atoms with Crippen molar-refractivity contribution < 1.29 is 4.79 Å². The monoisotopic (exact) mass is 482 g/mol. The molecule has 9 nitrogen and oxygen atoms in total. The smallest absolute Gasteiger partial charge is 0.257 e. The van der Waals surface area contributed by atoms with Gasteiger partial charge in [-0.05, 0) is 38.1 Å². The lowest BCUT2D eigenvalue weighted by molar-refractivity contribution is 0.102. The minimum Gasteiger partial charge on any atom is -0.338 e. The second kappa shape index (κ2) is 10.4. The molecule has 2 aliphatic rings. The molecule has 1 aliphatic carbocycles. The van der Waals surface area contributed by atoms with Crippen LogP contribution in [0, 0.1) is 11.3 Å². The van der Waals surface area contributed by atoms with Crippen molar-refractivity contribution in [2.45, 2.75) is 38.5 Å². The lowest BCUT2D eigenvalue weighted by Crippen LogP contribution is -2.45. The molecule has 184 valence electrons. The Morgan fingerprint density at radius 1 is 1.06 bits per heavy atom. The van der Waals surface area contributed by atoms with Gasteiger partial charge in [0.25, 0.3) is 5.91 Å². The molecule has 0 bridgehead atoms. The van der Waals surface area contributed by atoms with Crippen LogP contribution in [-0.4, -0.2) is 64.0 Å². The van der Waals surface area contributed by atoms with Gasteiger partial charge >= 0.3 is 0 Å². The Labute approximate surface area is 211 Å². The predicted octanol–water partition coefficient (Wildman–Crippen LogP) is 3.17. The third-order valence-corrected chi connectivity index (χ3v) is 6.64. The van der Waals surface area contributed by atoms with Gasteiger partial charge < -0.3 is 15.1 Å². The molecule has 9 heteroatoms. The number of hydrogen-bond donors (Lipinski definition) is 1. The van der Waals surface area contributed by atoms with Crippen molar-refractivity contribution in [2.24, 2.45) is 0 Å². The number of anilines is 2. The van der Waals surface area contributed by atoms with Crippen molar-refractivity contribution >= 4 is 17.5 Å². The van der Waals surface area contributed by atoms with Gasteiger partial charge in [-0.15, -0.1) is 0 Å². The number of nitrogens with zero attached hydrogens (tertiary/aromatic N) is 7. The largest absolute Gasteiger partial charge is 0.338 e. The molecule has 36 heavy (non-hydrogen) atoms. The predicted molar refractivity (Wildman–Crippen MR) is 137 cm³/mol. The van der Waals surface area contributed by atoms with Gasteiger partial charge in [-0.1, -0.05) is 25.1 Å². The molecular weight excluding hydrogens is 452 g/mol. The van der Waals surface area contributed by atoms with E-state index in [1.807, 2.05) is 37.3 Å². The number of carbonyl (C=O) groups excluding carboxylic acids is 1. The maximum Gasteiger partial charge on any atom is 0.257 e. The zero-order chi connectivity index (χ0) is 25.1. The van der Waals surface area contributed by atoms with Crippen LogP contribution in [0.15, 0.2) is 36.4 Å². The lowest BCUT2D eigenvalue weighted by Gasteiger charge is -2.32. The number of para-hydroxylation sites is 1. The Kier molecular flexibility index (Phi) is 6.87. The zero-order valence-corrected chi connectivity index (χ0v) is 20.7. The summed E-state index contributed by atoms with van der Waals surface area (Å²) in [6.07, 6.45) is 3.03. The number of amides is 1. The van der Waals surface area contributed by atoms with E-state index in [0.717, 1.165) is 44.7 Å². The molecule has 1 N–H and O–H groups in total. The van der Waals surface area contributed by atoms with E-state index in [-0.39, 0.29) is 17.9 Å². The van der Waals surface area contributed by atoms with E-state index in [0.29, 0.717) is 46.9 Å². The average molecular weight is 483 g/mol. The topological polar surface area (TPSA) is 111 Å². The number of nitriles is 1. The summed E-state index contributed by atoms with van der Waals surface area (Å²) in [6, 6.07) is 13.3. The summed E-state index contributed by atoms with van der Waals surface area (Å²) in [5, 5.41) is 13.0. The van der Waals surface area contributed by atoms with Crippen molar-refractivity contribution in [3.05, 3.63) is 70.6 Å².